The van der Waals surface area contributed by atoms with E-state index < -0.39 is 18.0 Å². The zero-order valence-electron chi connectivity index (χ0n) is 9.13. The number of nitrogens with one attached hydrogen (secondary N) is 2. The molecule has 0 saturated carbocycles. The lowest BCUT2D eigenvalue weighted by Crippen LogP contribution is -2.40. The van der Waals surface area contributed by atoms with Gasteiger partial charge in [-0.2, -0.15) is 0 Å². The van der Waals surface area contributed by atoms with Crippen LogP contribution in [0.1, 0.15) is 6.92 Å². The van der Waals surface area contributed by atoms with Gasteiger partial charge < -0.3 is 15.7 Å². The maximum absolute atomic E-state index is 11.5. The first-order valence-electron chi connectivity index (χ1n) is 4.76. The van der Waals surface area contributed by atoms with Gasteiger partial charge in [-0.1, -0.05) is 23.2 Å². The Morgan fingerprint density at radius 1 is 1.33 bits per heavy atom. The summed E-state index contributed by atoms with van der Waals surface area (Å²) in [6.45, 7) is 1.35. The molecule has 98 valence electrons. The van der Waals surface area contributed by atoms with E-state index in [1.165, 1.54) is 6.92 Å². The predicted molar refractivity (Wildman–Crippen MR) is 73.4 cm³/mol. The fourth-order valence-electron chi connectivity index (χ4n) is 1.04. The van der Waals surface area contributed by atoms with E-state index in [0.29, 0.717) is 10.2 Å². The number of carboxylic acids is 1. The number of urea groups is 1. The number of carbonyl (C=O) groups excluding carboxylic acids is 1. The van der Waals surface area contributed by atoms with Crippen LogP contribution in [0.25, 0.3) is 0 Å². The molecule has 3 N–H and O–H groups in total. The second kappa shape index (κ2) is 6.26. The Labute approximate surface area is 122 Å². The number of carboxylic acid groups (broad SMARTS) is 1. The molecule has 1 atom stereocenters. The molecule has 0 aromatic heterocycles. The summed E-state index contributed by atoms with van der Waals surface area (Å²) in [6, 6.07) is 1.48. The molecule has 1 aromatic rings. The van der Waals surface area contributed by atoms with E-state index in [9.17, 15) is 9.59 Å². The maximum Gasteiger partial charge on any atom is 0.325 e. The molecule has 1 aromatic carbocycles. The van der Waals surface area contributed by atoms with Crippen LogP contribution in [0, 0.1) is 0 Å². The normalized spacial score (nSPS) is 11.8. The van der Waals surface area contributed by atoms with Crippen molar-refractivity contribution in [2.24, 2.45) is 0 Å². The van der Waals surface area contributed by atoms with Crippen LogP contribution in [0.4, 0.5) is 10.5 Å². The van der Waals surface area contributed by atoms with Gasteiger partial charge in [-0.15, -0.1) is 0 Å². The molecule has 2 amide bonds. The van der Waals surface area contributed by atoms with Crippen molar-refractivity contribution in [1.29, 1.82) is 0 Å². The van der Waals surface area contributed by atoms with E-state index in [-0.39, 0.29) is 10.0 Å². The summed E-state index contributed by atoms with van der Waals surface area (Å²) in [5, 5.41) is 13.7. The Morgan fingerprint density at radius 3 is 2.50 bits per heavy atom. The van der Waals surface area contributed by atoms with Gasteiger partial charge >= 0.3 is 12.0 Å². The first kappa shape index (κ1) is 15.1. The number of hydrogen-bond donors (Lipinski definition) is 3. The molecule has 0 aliphatic heterocycles. The molecule has 0 radical (unpaired) electrons. The highest BCUT2D eigenvalue weighted by Gasteiger charge is 2.15. The van der Waals surface area contributed by atoms with Gasteiger partial charge in [-0.05, 0) is 35.0 Å². The van der Waals surface area contributed by atoms with Gasteiger partial charge in [0.25, 0.3) is 0 Å². The first-order valence-corrected chi connectivity index (χ1v) is 6.31. The summed E-state index contributed by atoms with van der Waals surface area (Å²) in [5.74, 6) is -1.13. The highest BCUT2D eigenvalue weighted by Crippen LogP contribution is 2.35. The SMILES string of the molecule is C[C@H](NC(=O)Nc1ccc(Br)c(Cl)c1Cl)C(=O)O. The predicted octanol–water partition coefficient (Wildman–Crippen LogP) is 3.35. The minimum absolute atomic E-state index is 0.171. The fraction of sp³-hybridized carbons (Fsp3) is 0.200. The fourth-order valence-corrected chi connectivity index (χ4v) is 1.86. The number of carbonyl (C=O) groups is 2. The van der Waals surface area contributed by atoms with Gasteiger partial charge in [0, 0.05) is 4.47 Å². The van der Waals surface area contributed by atoms with Gasteiger partial charge in [-0.3, -0.25) is 4.79 Å². The molecule has 0 unspecified atom stereocenters. The number of aliphatic carboxylic acids is 1. The van der Waals surface area contributed by atoms with Crippen molar-refractivity contribution in [3.63, 3.8) is 0 Å². The van der Waals surface area contributed by atoms with Crippen LogP contribution in [-0.4, -0.2) is 23.1 Å². The van der Waals surface area contributed by atoms with Crippen LogP contribution in [0.3, 0.4) is 0 Å². The van der Waals surface area contributed by atoms with Gasteiger partial charge in [0.05, 0.1) is 15.7 Å². The lowest BCUT2D eigenvalue weighted by atomic mass is 10.3. The summed E-state index contributed by atoms with van der Waals surface area (Å²) < 4.78 is 0.596. The van der Waals surface area contributed by atoms with E-state index in [0.717, 1.165) is 0 Å². The van der Waals surface area contributed by atoms with E-state index in [1.54, 1.807) is 12.1 Å². The highest BCUT2D eigenvalue weighted by atomic mass is 79.9. The van der Waals surface area contributed by atoms with E-state index >= 15 is 0 Å². The third kappa shape index (κ3) is 3.76. The molecule has 0 aliphatic carbocycles. The summed E-state index contributed by atoms with van der Waals surface area (Å²) in [7, 11) is 0. The van der Waals surface area contributed by atoms with Crippen molar-refractivity contribution in [2.45, 2.75) is 13.0 Å². The van der Waals surface area contributed by atoms with Crippen molar-refractivity contribution >= 4 is 56.8 Å². The van der Waals surface area contributed by atoms with Crippen molar-refractivity contribution in [2.75, 3.05) is 5.32 Å². The Morgan fingerprint density at radius 2 is 1.94 bits per heavy atom. The zero-order valence-corrected chi connectivity index (χ0v) is 12.2. The van der Waals surface area contributed by atoms with Crippen molar-refractivity contribution in [1.82, 2.24) is 5.32 Å². The largest absolute Gasteiger partial charge is 0.480 e. The Bertz CT molecular complexity index is 496. The lowest BCUT2D eigenvalue weighted by molar-refractivity contribution is -0.138. The number of anilines is 1. The maximum atomic E-state index is 11.5. The smallest absolute Gasteiger partial charge is 0.325 e. The molecular weight excluding hydrogens is 347 g/mol. The van der Waals surface area contributed by atoms with Crippen LogP contribution in [0.5, 0.6) is 0 Å². The average molecular weight is 356 g/mol. The van der Waals surface area contributed by atoms with Crippen molar-refractivity contribution in [3.8, 4) is 0 Å². The van der Waals surface area contributed by atoms with Crippen molar-refractivity contribution < 1.29 is 14.7 Å². The number of halogens is 3. The van der Waals surface area contributed by atoms with Gasteiger partial charge in [-0.25, -0.2) is 4.79 Å². The zero-order chi connectivity index (χ0) is 13.9. The van der Waals surface area contributed by atoms with Crippen LogP contribution in [0.15, 0.2) is 16.6 Å². The third-order valence-electron chi connectivity index (χ3n) is 2.00. The van der Waals surface area contributed by atoms with E-state index in [4.69, 9.17) is 28.3 Å². The highest BCUT2D eigenvalue weighted by molar-refractivity contribution is 9.10. The molecule has 0 fully saturated rings. The molecule has 1 rings (SSSR count). The molecule has 0 spiro atoms. The minimum atomic E-state index is -1.13. The standard InChI is InChI=1S/C10H9BrCl2N2O3/c1-4(9(16)17)14-10(18)15-6-3-2-5(11)7(12)8(6)13/h2-4H,1H3,(H,16,17)(H2,14,15,18)/t4-/m0/s1. The van der Waals surface area contributed by atoms with Crippen LogP contribution in [0.2, 0.25) is 10.0 Å². The summed E-state index contributed by atoms with van der Waals surface area (Å²) in [4.78, 5) is 22.0. The van der Waals surface area contributed by atoms with Crippen LogP contribution >= 0.6 is 39.1 Å². The Balaban J connectivity index is 2.77. The Kier molecular flexibility index (Phi) is 5.25. The molecule has 8 heteroatoms. The van der Waals surface area contributed by atoms with E-state index in [1.807, 2.05) is 0 Å². The molecule has 0 saturated heterocycles. The number of rotatable bonds is 3. The van der Waals surface area contributed by atoms with Crippen molar-refractivity contribution in [3.05, 3.63) is 26.7 Å². The first-order chi connectivity index (χ1) is 8.32. The molecule has 0 aliphatic rings. The van der Waals surface area contributed by atoms with Gasteiger partial charge in [0.15, 0.2) is 0 Å². The van der Waals surface area contributed by atoms with Gasteiger partial charge in [0.1, 0.15) is 6.04 Å². The number of hydrogen-bond acceptors (Lipinski definition) is 2. The molecular formula is C10H9BrCl2N2O3. The van der Waals surface area contributed by atoms with Crippen LogP contribution < -0.4 is 10.6 Å². The monoisotopic (exact) mass is 354 g/mol. The summed E-state index contributed by atoms with van der Waals surface area (Å²) in [6.07, 6.45) is 0. The average Bonchev–Trinajstić information content (AvgIpc) is 2.29. The number of amides is 2. The quantitative estimate of drug-likeness (QED) is 0.727. The number of benzene rings is 1. The van der Waals surface area contributed by atoms with Gasteiger partial charge in [0.2, 0.25) is 0 Å². The molecule has 5 nitrogen and oxygen atoms in total. The van der Waals surface area contributed by atoms with E-state index in [2.05, 4.69) is 26.6 Å². The molecule has 0 bridgehead atoms. The topological polar surface area (TPSA) is 78.4 Å². The van der Waals surface area contributed by atoms with Crippen LogP contribution in [-0.2, 0) is 4.79 Å². The second-order valence-electron chi connectivity index (χ2n) is 3.38. The Hall–Kier alpha value is -0.980. The third-order valence-corrected chi connectivity index (χ3v) is 3.77. The summed E-state index contributed by atoms with van der Waals surface area (Å²) in [5.41, 5.74) is 0.292. The second-order valence-corrected chi connectivity index (χ2v) is 4.99. The molecule has 0 heterocycles. The summed E-state index contributed by atoms with van der Waals surface area (Å²) >= 11 is 15.0. The lowest BCUT2D eigenvalue weighted by Gasteiger charge is -2.12. The minimum Gasteiger partial charge on any atom is -0.480 e. The molecule has 18 heavy (non-hydrogen) atoms.